The van der Waals surface area contributed by atoms with Crippen molar-refractivity contribution in [1.29, 1.82) is 0 Å². The van der Waals surface area contributed by atoms with E-state index in [9.17, 15) is 9.90 Å². The van der Waals surface area contributed by atoms with Crippen LogP contribution in [-0.4, -0.2) is 48.3 Å². The highest BCUT2D eigenvalue weighted by Gasteiger charge is 2.21. The summed E-state index contributed by atoms with van der Waals surface area (Å²) in [5.41, 5.74) is 4.13. The van der Waals surface area contributed by atoms with Crippen LogP contribution in [0.5, 0.6) is 0 Å². The Balaban J connectivity index is 1.93. The molecule has 0 amide bonds. The van der Waals surface area contributed by atoms with Crippen LogP contribution in [0.25, 0.3) is 0 Å². The van der Waals surface area contributed by atoms with E-state index in [1.165, 1.54) is 0 Å². The number of hydrogen-bond donors (Lipinski definition) is 3. The highest BCUT2D eigenvalue weighted by Crippen LogP contribution is 2.04. The van der Waals surface area contributed by atoms with E-state index in [0.717, 1.165) is 31.7 Å². The SMILES string of the molecule is O=C(O)C(Cc1ccccc1)NN1CCNCC1. The van der Waals surface area contributed by atoms with E-state index >= 15 is 0 Å². The van der Waals surface area contributed by atoms with E-state index < -0.39 is 12.0 Å². The van der Waals surface area contributed by atoms with Gasteiger partial charge in [0.2, 0.25) is 0 Å². The van der Waals surface area contributed by atoms with Gasteiger partial charge in [0.15, 0.2) is 0 Å². The molecule has 0 aromatic heterocycles. The molecule has 3 N–H and O–H groups in total. The number of carbonyl (C=O) groups is 1. The lowest BCUT2D eigenvalue weighted by molar-refractivity contribution is -0.141. The van der Waals surface area contributed by atoms with Crippen molar-refractivity contribution in [2.75, 3.05) is 26.2 Å². The van der Waals surface area contributed by atoms with Gasteiger partial charge >= 0.3 is 5.97 Å². The van der Waals surface area contributed by atoms with Gasteiger partial charge in [-0.25, -0.2) is 10.4 Å². The fourth-order valence-corrected chi connectivity index (χ4v) is 2.05. The summed E-state index contributed by atoms with van der Waals surface area (Å²) < 4.78 is 0. The molecule has 0 aliphatic carbocycles. The number of hydrazine groups is 1. The molecule has 0 bridgehead atoms. The molecule has 5 heteroatoms. The van der Waals surface area contributed by atoms with Crippen molar-refractivity contribution in [2.24, 2.45) is 0 Å². The normalized spacial score (nSPS) is 18.4. The molecule has 1 aliphatic rings. The highest BCUT2D eigenvalue weighted by atomic mass is 16.4. The summed E-state index contributed by atoms with van der Waals surface area (Å²) in [6, 6.07) is 9.14. The number of aliphatic carboxylic acids is 1. The quantitative estimate of drug-likeness (QED) is 0.690. The molecule has 0 radical (unpaired) electrons. The smallest absolute Gasteiger partial charge is 0.322 e. The first kappa shape index (κ1) is 13.0. The van der Waals surface area contributed by atoms with Crippen molar-refractivity contribution < 1.29 is 9.90 Å². The summed E-state index contributed by atoms with van der Waals surface area (Å²) in [6.07, 6.45) is 0.500. The molecular weight excluding hydrogens is 230 g/mol. The molecule has 2 rings (SSSR count). The average molecular weight is 249 g/mol. The standard InChI is InChI=1S/C13H19N3O2/c17-13(18)12(10-11-4-2-1-3-5-11)15-16-8-6-14-7-9-16/h1-5,12,14-15H,6-10H2,(H,17,18). The summed E-state index contributed by atoms with van der Waals surface area (Å²) in [7, 11) is 0. The Hall–Kier alpha value is -1.43. The molecule has 1 unspecified atom stereocenters. The van der Waals surface area contributed by atoms with Crippen LogP contribution in [0.3, 0.4) is 0 Å². The van der Waals surface area contributed by atoms with Crippen LogP contribution < -0.4 is 10.7 Å². The first-order chi connectivity index (χ1) is 8.75. The van der Waals surface area contributed by atoms with Crippen molar-refractivity contribution in [2.45, 2.75) is 12.5 Å². The number of piperazine rings is 1. The first-order valence-electron chi connectivity index (χ1n) is 6.24. The summed E-state index contributed by atoms with van der Waals surface area (Å²) in [5.74, 6) is -0.808. The Morgan fingerprint density at radius 3 is 2.61 bits per heavy atom. The molecule has 1 aromatic carbocycles. The van der Waals surface area contributed by atoms with Gasteiger partial charge in [-0.15, -0.1) is 0 Å². The maximum atomic E-state index is 11.3. The number of rotatable bonds is 5. The van der Waals surface area contributed by atoms with Gasteiger partial charge in [-0.05, 0) is 12.0 Å². The van der Waals surface area contributed by atoms with E-state index in [1.54, 1.807) is 0 Å². The maximum absolute atomic E-state index is 11.3. The van der Waals surface area contributed by atoms with Gasteiger partial charge in [0, 0.05) is 26.2 Å². The Labute approximate surface area is 107 Å². The fourth-order valence-electron chi connectivity index (χ4n) is 2.05. The Morgan fingerprint density at radius 1 is 1.33 bits per heavy atom. The van der Waals surface area contributed by atoms with Crippen LogP contribution in [0.15, 0.2) is 30.3 Å². The third-order valence-electron chi connectivity index (χ3n) is 3.04. The molecule has 1 fully saturated rings. The third-order valence-corrected chi connectivity index (χ3v) is 3.04. The van der Waals surface area contributed by atoms with Gasteiger partial charge in [-0.1, -0.05) is 30.3 Å². The first-order valence-corrected chi connectivity index (χ1v) is 6.24. The fraction of sp³-hybridized carbons (Fsp3) is 0.462. The molecule has 1 heterocycles. The molecule has 0 spiro atoms. The monoisotopic (exact) mass is 249 g/mol. The number of hydrogen-bond acceptors (Lipinski definition) is 4. The number of carboxylic acids is 1. The Kier molecular flexibility index (Phi) is 4.69. The molecule has 1 saturated heterocycles. The van der Waals surface area contributed by atoms with E-state index in [1.807, 2.05) is 35.3 Å². The van der Waals surface area contributed by atoms with Crippen molar-refractivity contribution in [3.8, 4) is 0 Å². The largest absolute Gasteiger partial charge is 0.480 e. The van der Waals surface area contributed by atoms with Gasteiger partial charge in [-0.2, -0.15) is 0 Å². The van der Waals surface area contributed by atoms with Crippen LogP contribution in [0.4, 0.5) is 0 Å². The molecular formula is C13H19N3O2. The van der Waals surface area contributed by atoms with Gasteiger partial charge in [0.05, 0.1) is 0 Å². The number of nitrogens with one attached hydrogen (secondary N) is 2. The summed E-state index contributed by atoms with van der Waals surface area (Å²) >= 11 is 0. The molecule has 18 heavy (non-hydrogen) atoms. The lowest BCUT2D eigenvalue weighted by atomic mass is 10.1. The highest BCUT2D eigenvalue weighted by molar-refractivity contribution is 5.73. The summed E-state index contributed by atoms with van der Waals surface area (Å²) in [6.45, 7) is 3.45. The van der Waals surface area contributed by atoms with E-state index in [2.05, 4.69) is 10.7 Å². The minimum Gasteiger partial charge on any atom is -0.480 e. The third kappa shape index (κ3) is 3.80. The average Bonchev–Trinajstić information content (AvgIpc) is 2.40. The summed E-state index contributed by atoms with van der Waals surface area (Å²) in [5, 5.41) is 14.5. The molecule has 0 saturated carbocycles. The summed E-state index contributed by atoms with van der Waals surface area (Å²) in [4.78, 5) is 11.3. The van der Waals surface area contributed by atoms with Crippen LogP contribution in [0, 0.1) is 0 Å². The second-order valence-corrected chi connectivity index (χ2v) is 4.45. The second-order valence-electron chi connectivity index (χ2n) is 4.45. The molecule has 98 valence electrons. The molecule has 1 aromatic rings. The minimum absolute atomic E-state index is 0.500. The van der Waals surface area contributed by atoms with Crippen molar-refractivity contribution in [3.05, 3.63) is 35.9 Å². The lowest BCUT2D eigenvalue weighted by Gasteiger charge is -2.30. The topological polar surface area (TPSA) is 64.6 Å². The zero-order valence-corrected chi connectivity index (χ0v) is 10.3. The van der Waals surface area contributed by atoms with Gasteiger partial charge < -0.3 is 10.4 Å². The van der Waals surface area contributed by atoms with Crippen molar-refractivity contribution in [1.82, 2.24) is 15.8 Å². The van der Waals surface area contributed by atoms with Crippen molar-refractivity contribution in [3.63, 3.8) is 0 Å². The van der Waals surface area contributed by atoms with Crippen LogP contribution in [0.2, 0.25) is 0 Å². The van der Waals surface area contributed by atoms with E-state index in [-0.39, 0.29) is 0 Å². The zero-order chi connectivity index (χ0) is 12.8. The van der Waals surface area contributed by atoms with E-state index in [4.69, 9.17) is 0 Å². The Bertz CT molecular complexity index is 377. The number of carboxylic acid groups (broad SMARTS) is 1. The Morgan fingerprint density at radius 2 is 2.00 bits per heavy atom. The number of nitrogens with zero attached hydrogens (tertiary/aromatic N) is 1. The minimum atomic E-state index is -0.808. The second kappa shape index (κ2) is 6.49. The molecule has 1 aliphatic heterocycles. The number of benzene rings is 1. The van der Waals surface area contributed by atoms with E-state index in [0.29, 0.717) is 6.42 Å². The van der Waals surface area contributed by atoms with Crippen LogP contribution in [-0.2, 0) is 11.2 Å². The maximum Gasteiger partial charge on any atom is 0.322 e. The van der Waals surface area contributed by atoms with Gasteiger partial charge in [0.1, 0.15) is 6.04 Å². The lowest BCUT2D eigenvalue weighted by Crippen LogP contribution is -2.55. The zero-order valence-electron chi connectivity index (χ0n) is 10.3. The van der Waals surface area contributed by atoms with Crippen molar-refractivity contribution >= 4 is 5.97 Å². The molecule has 5 nitrogen and oxygen atoms in total. The van der Waals surface area contributed by atoms with Crippen LogP contribution in [0.1, 0.15) is 5.56 Å². The van der Waals surface area contributed by atoms with Crippen LogP contribution >= 0.6 is 0 Å². The predicted octanol–water partition coefficient (Wildman–Crippen LogP) is 0.0921. The predicted molar refractivity (Wildman–Crippen MR) is 69.1 cm³/mol. The van der Waals surface area contributed by atoms with Gasteiger partial charge in [-0.3, -0.25) is 4.79 Å². The van der Waals surface area contributed by atoms with Gasteiger partial charge in [0.25, 0.3) is 0 Å². The molecule has 1 atom stereocenters.